The number of fused-ring (bicyclic) bond motifs is 3. The van der Waals surface area contributed by atoms with Gasteiger partial charge in [0.25, 0.3) is 5.91 Å². The molecule has 1 amide bonds. The zero-order valence-electron chi connectivity index (χ0n) is 18.0. The van der Waals surface area contributed by atoms with Crippen LogP contribution in [0, 0.1) is 6.92 Å². The van der Waals surface area contributed by atoms with E-state index in [1.54, 1.807) is 0 Å². The van der Waals surface area contributed by atoms with Crippen molar-refractivity contribution >= 4 is 33.4 Å². The number of anilines is 1. The zero-order valence-corrected chi connectivity index (χ0v) is 18.0. The Labute approximate surface area is 177 Å². The van der Waals surface area contributed by atoms with Crippen LogP contribution >= 0.6 is 0 Å². The van der Waals surface area contributed by atoms with Crippen molar-refractivity contribution in [1.29, 1.82) is 0 Å². The Morgan fingerprint density at radius 2 is 1.77 bits per heavy atom. The van der Waals surface area contributed by atoms with Crippen LogP contribution in [0.5, 0.6) is 5.75 Å². The van der Waals surface area contributed by atoms with Crippen molar-refractivity contribution < 1.29 is 9.53 Å². The van der Waals surface area contributed by atoms with Crippen molar-refractivity contribution in [3.05, 3.63) is 71.8 Å². The molecule has 4 rings (SSSR count). The molecule has 3 aromatic carbocycles. The molecular formula is C26H28N2O2. The fourth-order valence-electron chi connectivity index (χ4n) is 4.06. The number of amides is 1. The lowest BCUT2D eigenvalue weighted by atomic mass is 10.0. The second kappa shape index (κ2) is 8.23. The first kappa shape index (κ1) is 20.0. The molecule has 1 N–H and O–H groups in total. The van der Waals surface area contributed by atoms with Gasteiger partial charge in [-0.15, -0.1) is 0 Å². The van der Waals surface area contributed by atoms with E-state index in [1.165, 1.54) is 16.4 Å². The van der Waals surface area contributed by atoms with Crippen LogP contribution in [0.1, 0.15) is 37.8 Å². The van der Waals surface area contributed by atoms with Gasteiger partial charge < -0.3 is 14.6 Å². The number of carbonyl (C=O) groups is 1. The van der Waals surface area contributed by atoms with E-state index >= 15 is 0 Å². The van der Waals surface area contributed by atoms with E-state index in [-0.39, 0.29) is 12.5 Å². The minimum Gasteiger partial charge on any atom is -0.483 e. The summed E-state index contributed by atoms with van der Waals surface area (Å²) < 4.78 is 8.17. The van der Waals surface area contributed by atoms with Gasteiger partial charge in [-0.3, -0.25) is 4.79 Å². The summed E-state index contributed by atoms with van der Waals surface area (Å²) in [6.45, 7) is 9.31. The molecule has 0 fully saturated rings. The number of benzene rings is 3. The SMILES string of the molecule is CCn1c2ccccc2c2cc(NC(=O)COc3cc(C)ccc3C(C)C)ccc21. The average molecular weight is 401 g/mol. The number of para-hydroxylation sites is 1. The second-order valence-electron chi connectivity index (χ2n) is 8.03. The van der Waals surface area contributed by atoms with E-state index in [9.17, 15) is 4.79 Å². The third-order valence-electron chi connectivity index (χ3n) is 5.52. The van der Waals surface area contributed by atoms with E-state index < -0.39 is 0 Å². The Morgan fingerprint density at radius 1 is 1.00 bits per heavy atom. The number of aryl methyl sites for hydroxylation is 2. The number of carbonyl (C=O) groups excluding carboxylic acids is 1. The lowest BCUT2D eigenvalue weighted by Crippen LogP contribution is -2.20. The van der Waals surface area contributed by atoms with E-state index in [1.807, 2.05) is 25.1 Å². The number of nitrogens with zero attached hydrogens (tertiary/aromatic N) is 1. The summed E-state index contributed by atoms with van der Waals surface area (Å²) in [5, 5.41) is 5.33. The van der Waals surface area contributed by atoms with Crippen molar-refractivity contribution in [3.8, 4) is 5.75 Å². The lowest BCUT2D eigenvalue weighted by Gasteiger charge is -2.15. The Morgan fingerprint density at radius 3 is 2.53 bits per heavy atom. The van der Waals surface area contributed by atoms with Gasteiger partial charge in [-0.25, -0.2) is 0 Å². The fraction of sp³-hybridized carbons (Fsp3) is 0.269. The normalized spacial score (nSPS) is 11.4. The zero-order chi connectivity index (χ0) is 21.3. The van der Waals surface area contributed by atoms with Gasteiger partial charge in [0.1, 0.15) is 5.75 Å². The fourth-order valence-corrected chi connectivity index (χ4v) is 4.06. The Balaban J connectivity index is 1.54. The first-order valence-corrected chi connectivity index (χ1v) is 10.5. The van der Waals surface area contributed by atoms with Crippen LogP contribution in [0.25, 0.3) is 21.8 Å². The van der Waals surface area contributed by atoms with Crippen LogP contribution in [0.4, 0.5) is 5.69 Å². The molecule has 4 nitrogen and oxygen atoms in total. The molecule has 0 aliphatic heterocycles. The van der Waals surface area contributed by atoms with Gasteiger partial charge in [-0.1, -0.05) is 44.2 Å². The molecule has 0 aliphatic rings. The molecule has 0 saturated heterocycles. The summed E-state index contributed by atoms with van der Waals surface area (Å²) in [5.74, 6) is 0.952. The molecule has 4 heteroatoms. The van der Waals surface area contributed by atoms with Gasteiger partial charge >= 0.3 is 0 Å². The molecule has 1 aromatic heterocycles. The second-order valence-corrected chi connectivity index (χ2v) is 8.03. The van der Waals surface area contributed by atoms with Crippen LogP contribution in [0.15, 0.2) is 60.7 Å². The highest BCUT2D eigenvalue weighted by Crippen LogP contribution is 2.31. The van der Waals surface area contributed by atoms with Crippen molar-refractivity contribution in [1.82, 2.24) is 4.57 Å². The third kappa shape index (κ3) is 3.78. The molecule has 1 heterocycles. The Kier molecular flexibility index (Phi) is 5.49. The third-order valence-corrected chi connectivity index (χ3v) is 5.52. The molecule has 0 bridgehead atoms. The van der Waals surface area contributed by atoms with Gasteiger partial charge in [0.15, 0.2) is 6.61 Å². The topological polar surface area (TPSA) is 43.3 Å². The van der Waals surface area contributed by atoms with Crippen molar-refractivity contribution in [2.75, 3.05) is 11.9 Å². The van der Waals surface area contributed by atoms with Gasteiger partial charge in [0, 0.05) is 34.0 Å². The van der Waals surface area contributed by atoms with Crippen LogP contribution in [-0.2, 0) is 11.3 Å². The minimum absolute atomic E-state index is 0.0159. The Hall–Kier alpha value is -3.27. The predicted molar refractivity (Wildman–Crippen MR) is 125 cm³/mol. The largest absolute Gasteiger partial charge is 0.483 e. The van der Waals surface area contributed by atoms with E-state index in [0.29, 0.717) is 5.92 Å². The molecular weight excluding hydrogens is 372 g/mol. The maximum absolute atomic E-state index is 12.6. The van der Waals surface area contributed by atoms with Crippen LogP contribution in [0.2, 0.25) is 0 Å². The van der Waals surface area contributed by atoms with Gasteiger partial charge in [-0.2, -0.15) is 0 Å². The van der Waals surface area contributed by atoms with Gasteiger partial charge in [0.2, 0.25) is 0 Å². The summed E-state index contributed by atoms with van der Waals surface area (Å²) in [6.07, 6.45) is 0. The van der Waals surface area contributed by atoms with Crippen molar-refractivity contribution in [2.24, 2.45) is 0 Å². The molecule has 0 saturated carbocycles. The predicted octanol–water partition coefficient (Wildman–Crippen LogP) is 6.26. The summed E-state index contributed by atoms with van der Waals surface area (Å²) in [5.41, 5.74) is 5.40. The molecule has 0 radical (unpaired) electrons. The van der Waals surface area contributed by atoms with Gasteiger partial charge in [0.05, 0.1) is 0 Å². The smallest absolute Gasteiger partial charge is 0.262 e. The molecule has 0 aliphatic carbocycles. The van der Waals surface area contributed by atoms with Crippen molar-refractivity contribution in [2.45, 2.75) is 40.2 Å². The van der Waals surface area contributed by atoms with E-state index in [4.69, 9.17) is 4.74 Å². The molecule has 0 spiro atoms. The first-order chi connectivity index (χ1) is 14.5. The highest BCUT2D eigenvalue weighted by molar-refractivity contribution is 6.09. The molecule has 0 unspecified atom stereocenters. The molecule has 4 aromatic rings. The van der Waals surface area contributed by atoms with Crippen LogP contribution in [-0.4, -0.2) is 17.1 Å². The maximum Gasteiger partial charge on any atom is 0.262 e. The number of ether oxygens (including phenoxy) is 1. The maximum atomic E-state index is 12.6. The monoisotopic (exact) mass is 400 g/mol. The lowest BCUT2D eigenvalue weighted by molar-refractivity contribution is -0.118. The number of hydrogen-bond acceptors (Lipinski definition) is 2. The summed E-state index contributed by atoms with van der Waals surface area (Å²) in [7, 11) is 0. The quantitative estimate of drug-likeness (QED) is 0.415. The standard InChI is InChI=1S/C26H28N2O2/c1-5-28-23-9-7-6-8-21(23)22-15-19(11-13-24(22)28)27-26(29)16-30-25-14-18(4)10-12-20(25)17(2)3/h6-15,17H,5,16H2,1-4H3,(H,27,29). The molecule has 154 valence electrons. The molecule has 30 heavy (non-hydrogen) atoms. The highest BCUT2D eigenvalue weighted by atomic mass is 16.5. The summed E-state index contributed by atoms with van der Waals surface area (Å²) in [6, 6.07) is 20.6. The van der Waals surface area contributed by atoms with E-state index in [2.05, 4.69) is 73.1 Å². The van der Waals surface area contributed by atoms with E-state index in [0.717, 1.165) is 34.5 Å². The Bertz CT molecular complexity index is 1220. The summed E-state index contributed by atoms with van der Waals surface area (Å²) in [4.78, 5) is 12.6. The number of nitrogens with one attached hydrogen (secondary N) is 1. The number of rotatable bonds is 6. The number of aromatic nitrogens is 1. The van der Waals surface area contributed by atoms with Crippen molar-refractivity contribution in [3.63, 3.8) is 0 Å². The van der Waals surface area contributed by atoms with Crippen LogP contribution < -0.4 is 10.1 Å². The first-order valence-electron chi connectivity index (χ1n) is 10.5. The minimum atomic E-state index is -0.162. The number of hydrogen-bond donors (Lipinski definition) is 1. The average Bonchev–Trinajstić information content (AvgIpc) is 3.05. The molecule has 0 atom stereocenters. The highest BCUT2D eigenvalue weighted by Gasteiger charge is 2.13. The van der Waals surface area contributed by atoms with Crippen LogP contribution in [0.3, 0.4) is 0 Å². The summed E-state index contributed by atoms with van der Waals surface area (Å²) >= 11 is 0. The van der Waals surface area contributed by atoms with Gasteiger partial charge in [-0.05, 0) is 61.2 Å².